The van der Waals surface area contributed by atoms with Gasteiger partial charge in [0.1, 0.15) is 5.01 Å². The molecule has 0 saturated carbocycles. The lowest BCUT2D eigenvalue weighted by molar-refractivity contribution is -0.115. The highest BCUT2D eigenvalue weighted by molar-refractivity contribution is 7.09. The summed E-state index contributed by atoms with van der Waals surface area (Å²) < 4.78 is 0. The van der Waals surface area contributed by atoms with Crippen LogP contribution in [0.5, 0.6) is 0 Å². The molecule has 2 aromatic rings. The van der Waals surface area contributed by atoms with Crippen molar-refractivity contribution >= 4 is 23.2 Å². The molecule has 0 atom stereocenters. The molecule has 2 rings (SSSR count). The van der Waals surface area contributed by atoms with Crippen molar-refractivity contribution in [2.45, 2.75) is 12.8 Å². The minimum absolute atomic E-state index is 0.171. The first-order valence-corrected chi connectivity index (χ1v) is 6.36. The van der Waals surface area contributed by atoms with E-state index >= 15 is 0 Å². The van der Waals surface area contributed by atoms with E-state index in [0.29, 0.717) is 12.5 Å². The van der Waals surface area contributed by atoms with Gasteiger partial charge in [-0.1, -0.05) is 0 Å². The Kier molecular flexibility index (Phi) is 4.32. The number of hydrogen-bond acceptors (Lipinski definition) is 6. The number of anilines is 1. The zero-order chi connectivity index (χ0) is 12.8. The summed E-state index contributed by atoms with van der Waals surface area (Å²) in [6, 6.07) is 1.69. The Hall–Kier alpha value is -1.86. The van der Waals surface area contributed by atoms with E-state index in [0.717, 1.165) is 17.1 Å². The van der Waals surface area contributed by atoms with Crippen LogP contribution in [0.2, 0.25) is 0 Å². The quantitative estimate of drug-likeness (QED) is 0.824. The molecule has 0 aliphatic carbocycles. The van der Waals surface area contributed by atoms with E-state index in [4.69, 9.17) is 5.73 Å². The molecular formula is C11H13N5OS. The molecule has 0 bridgehead atoms. The highest BCUT2D eigenvalue weighted by Gasteiger charge is 2.09. The van der Waals surface area contributed by atoms with Crippen LogP contribution >= 0.6 is 11.3 Å². The molecule has 0 saturated heterocycles. The van der Waals surface area contributed by atoms with Crippen molar-refractivity contribution in [1.29, 1.82) is 0 Å². The number of nitrogens with zero attached hydrogens (tertiary/aromatic N) is 3. The van der Waals surface area contributed by atoms with Crippen LogP contribution in [0.25, 0.3) is 0 Å². The number of carbonyl (C=O) groups is 1. The summed E-state index contributed by atoms with van der Waals surface area (Å²) in [5.41, 5.74) is 6.37. The molecule has 2 aromatic heterocycles. The van der Waals surface area contributed by atoms with Crippen molar-refractivity contribution < 1.29 is 4.79 Å². The van der Waals surface area contributed by atoms with E-state index < -0.39 is 0 Å². The fraction of sp³-hybridized carbons (Fsp3) is 0.273. The summed E-state index contributed by atoms with van der Waals surface area (Å²) in [5.74, 6) is 0.135. The van der Waals surface area contributed by atoms with Gasteiger partial charge in [0.2, 0.25) is 11.9 Å². The fourth-order valence-electron chi connectivity index (χ4n) is 1.36. The zero-order valence-corrected chi connectivity index (χ0v) is 10.5. The van der Waals surface area contributed by atoms with Crippen molar-refractivity contribution in [1.82, 2.24) is 15.0 Å². The van der Waals surface area contributed by atoms with Gasteiger partial charge in [0.15, 0.2) is 0 Å². The molecule has 7 heteroatoms. The Morgan fingerprint density at radius 1 is 1.39 bits per heavy atom. The van der Waals surface area contributed by atoms with Gasteiger partial charge in [-0.3, -0.25) is 10.1 Å². The maximum absolute atomic E-state index is 11.7. The van der Waals surface area contributed by atoms with Gasteiger partial charge in [-0.25, -0.2) is 15.0 Å². The smallest absolute Gasteiger partial charge is 0.233 e. The number of nitrogens with two attached hydrogens (primary N) is 1. The highest BCUT2D eigenvalue weighted by Crippen LogP contribution is 2.11. The summed E-state index contributed by atoms with van der Waals surface area (Å²) in [5, 5.41) is 5.31. The van der Waals surface area contributed by atoms with Crippen molar-refractivity contribution in [3.05, 3.63) is 34.5 Å². The summed E-state index contributed by atoms with van der Waals surface area (Å²) in [7, 11) is 0. The molecule has 0 fully saturated rings. The van der Waals surface area contributed by atoms with Gasteiger partial charge in [0.25, 0.3) is 0 Å². The van der Waals surface area contributed by atoms with Crippen molar-refractivity contribution in [3.8, 4) is 0 Å². The zero-order valence-electron chi connectivity index (χ0n) is 9.67. The van der Waals surface area contributed by atoms with E-state index in [1.54, 1.807) is 18.5 Å². The molecule has 94 valence electrons. The SMILES string of the molecule is NCCc1csc(CC(=O)Nc2ncccn2)n1. The number of aromatic nitrogens is 3. The molecule has 3 N–H and O–H groups in total. The van der Waals surface area contributed by atoms with E-state index in [2.05, 4.69) is 20.3 Å². The molecule has 0 radical (unpaired) electrons. The third-order valence-corrected chi connectivity index (χ3v) is 3.03. The first-order chi connectivity index (χ1) is 8.78. The van der Waals surface area contributed by atoms with Gasteiger partial charge in [0.05, 0.1) is 12.1 Å². The maximum atomic E-state index is 11.7. The van der Waals surface area contributed by atoms with Gasteiger partial charge < -0.3 is 5.73 Å². The van der Waals surface area contributed by atoms with Gasteiger partial charge >= 0.3 is 0 Å². The second-order valence-corrected chi connectivity index (χ2v) is 4.51. The van der Waals surface area contributed by atoms with E-state index in [-0.39, 0.29) is 12.3 Å². The third-order valence-electron chi connectivity index (χ3n) is 2.13. The van der Waals surface area contributed by atoms with E-state index in [1.165, 1.54) is 11.3 Å². The molecule has 0 aromatic carbocycles. The third kappa shape index (κ3) is 3.57. The minimum Gasteiger partial charge on any atom is -0.330 e. The molecular weight excluding hydrogens is 250 g/mol. The van der Waals surface area contributed by atoms with Gasteiger partial charge in [-0.2, -0.15) is 0 Å². The predicted molar refractivity (Wildman–Crippen MR) is 69.2 cm³/mol. The molecule has 0 aliphatic rings. The molecule has 18 heavy (non-hydrogen) atoms. The molecule has 1 amide bonds. The Morgan fingerprint density at radius 3 is 2.89 bits per heavy atom. The summed E-state index contributed by atoms with van der Waals surface area (Å²) in [4.78, 5) is 23.9. The Balaban J connectivity index is 1.90. The monoisotopic (exact) mass is 263 g/mol. The lowest BCUT2D eigenvalue weighted by Crippen LogP contribution is -2.16. The van der Waals surface area contributed by atoms with E-state index in [1.807, 2.05) is 5.38 Å². The van der Waals surface area contributed by atoms with Crippen LogP contribution in [0.3, 0.4) is 0 Å². The number of hydrogen-bond donors (Lipinski definition) is 2. The van der Waals surface area contributed by atoms with Crippen LogP contribution in [0, 0.1) is 0 Å². The molecule has 0 spiro atoms. The number of amides is 1. The Morgan fingerprint density at radius 2 is 2.17 bits per heavy atom. The van der Waals surface area contributed by atoms with Gasteiger partial charge in [-0.05, 0) is 12.6 Å². The average molecular weight is 263 g/mol. The largest absolute Gasteiger partial charge is 0.330 e. The molecule has 0 unspecified atom stereocenters. The Labute approximate surface area is 108 Å². The fourth-order valence-corrected chi connectivity index (χ4v) is 2.19. The lowest BCUT2D eigenvalue weighted by atomic mass is 10.3. The molecule has 6 nitrogen and oxygen atoms in total. The molecule has 0 aliphatic heterocycles. The van der Waals surface area contributed by atoms with Crippen LogP contribution < -0.4 is 11.1 Å². The number of thiazole rings is 1. The van der Waals surface area contributed by atoms with Crippen LogP contribution in [-0.4, -0.2) is 27.4 Å². The summed E-state index contributed by atoms with van der Waals surface area (Å²) >= 11 is 1.46. The maximum Gasteiger partial charge on any atom is 0.233 e. The first kappa shape index (κ1) is 12.6. The lowest BCUT2D eigenvalue weighted by Gasteiger charge is -2.00. The second-order valence-electron chi connectivity index (χ2n) is 3.57. The normalized spacial score (nSPS) is 10.3. The van der Waals surface area contributed by atoms with Crippen LogP contribution in [0.1, 0.15) is 10.7 Å². The van der Waals surface area contributed by atoms with Crippen LogP contribution in [-0.2, 0) is 17.6 Å². The van der Waals surface area contributed by atoms with Crippen LogP contribution in [0.4, 0.5) is 5.95 Å². The summed E-state index contributed by atoms with van der Waals surface area (Å²) in [6.45, 7) is 0.563. The topological polar surface area (TPSA) is 93.8 Å². The summed E-state index contributed by atoms with van der Waals surface area (Å²) in [6.07, 6.45) is 4.12. The first-order valence-electron chi connectivity index (χ1n) is 5.48. The molecule has 2 heterocycles. The standard InChI is InChI=1S/C11H13N5OS/c12-3-2-8-7-18-10(15-8)6-9(17)16-11-13-4-1-5-14-11/h1,4-5,7H,2-3,6,12H2,(H,13,14,16,17). The van der Waals surface area contributed by atoms with Crippen molar-refractivity contribution in [3.63, 3.8) is 0 Å². The van der Waals surface area contributed by atoms with Crippen molar-refractivity contribution in [2.24, 2.45) is 5.73 Å². The minimum atomic E-state index is -0.171. The Bertz CT molecular complexity index is 513. The highest BCUT2D eigenvalue weighted by atomic mass is 32.1. The number of nitrogens with one attached hydrogen (secondary N) is 1. The second kappa shape index (κ2) is 6.18. The number of carbonyl (C=O) groups excluding carboxylic acids is 1. The van der Waals surface area contributed by atoms with E-state index in [9.17, 15) is 4.79 Å². The average Bonchev–Trinajstić information content (AvgIpc) is 2.78. The predicted octanol–water partition coefficient (Wildman–Crippen LogP) is 0.615. The van der Waals surface area contributed by atoms with Crippen LogP contribution in [0.15, 0.2) is 23.8 Å². The van der Waals surface area contributed by atoms with Gasteiger partial charge in [-0.15, -0.1) is 11.3 Å². The number of rotatable bonds is 5. The van der Waals surface area contributed by atoms with Crippen molar-refractivity contribution in [2.75, 3.05) is 11.9 Å². The van der Waals surface area contributed by atoms with Gasteiger partial charge in [0, 0.05) is 24.2 Å².